The summed E-state index contributed by atoms with van der Waals surface area (Å²) in [6, 6.07) is 2.55. The van der Waals surface area contributed by atoms with E-state index in [0.29, 0.717) is 12.0 Å². The van der Waals surface area contributed by atoms with Crippen LogP contribution in [-0.4, -0.2) is 40.5 Å². The second kappa shape index (κ2) is 6.73. The molecule has 4 nitrogen and oxygen atoms in total. The number of likely N-dealkylation sites (tertiary alicyclic amines) is 1. The zero-order chi connectivity index (χ0) is 15.5. The SMILES string of the molecule is CC(C)C(CNc1ccnc(C(C)(C)C)n1)N1CCCC1. The van der Waals surface area contributed by atoms with Crippen molar-refractivity contribution in [2.45, 2.75) is 58.9 Å². The minimum atomic E-state index is -0.00983. The summed E-state index contributed by atoms with van der Waals surface area (Å²) >= 11 is 0. The summed E-state index contributed by atoms with van der Waals surface area (Å²) < 4.78 is 0. The van der Waals surface area contributed by atoms with Crippen LogP contribution in [0.1, 0.15) is 53.3 Å². The molecule has 1 atom stereocenters. The van der Waals surface area contributed by atoms with Gasteiger partial charge in [-0.15, -0.1) is 0 Å². The normalized spacial score (nSPS) is 18.2. The first-order valence-corrected chi connectivity index (χ1v) is 8.19. The van der Waals surface area contributed by atoms with Crippen LogP contribution < -0.4 is 5.32 Å². The van der Waals surface area contributed by atoms with E-state index >= 15 is 0 Å². The molecule has 1 aromatic rings. The smallest absolute Gasteiger partial charge is 0.135 e. The van der Waals surface area contributed by atoms with E-state index < -0.39 is 0 Å². The van der Waals surface area contributed by atoms with Gasteiger partial charge in [0.2, 0.25) is 0 Å². The quantitative estimate of drug-likeness (QED) is 0.903. The Morgan fingerprint density at radius 3 is 2.48 bits per heavy atom. The van der Waals surface area contributed by atoms with E-state index in [1.165, 1.54) is 25.9 Å². The van der Waals surface area contributed by atoms with Gasteiger partial charge in [0.25, 0.3) is 0 Å². The van der Waals surface area contributed by atoms with Crippen LogP contribution in [0.4, 0.5) is 5.82 Å². The van der Waals surface area contributed by atoms with E-state index in [2.05, 4.69) is 54.8 Å². The van der Waals surface area contributed by atoms with Crippen LogP contribution in [0.15, 0.2) is 12.3 Å². The molecule has 0 aromatic carbocycles. The van der Waals surface area contributed by atoms with Gasteiger partial charge in [-0.2, -0.15) is 0 Å². The average Bonchev–Trinajstić information content (AvgIpc) is 2.92. The van der Waals surface area contributed by atoms with Crippen LogP contribution in [0.5, 0.6) is 0 Å². The standard InChI is InChI=1S/C17H30N4/c1-13(2)14(21-10-6-7-11-21)12-19-15-8-9-18-16(20-15)17(3,4)5/h8-9,13-14H,6-7,10-12H2,1-5H3,(H,18,19,20). The molecule has 0 saturated carbocycles. The molecule has 2 rings (SSSR count). The molecule has 0 spiro atoms. The Hall–Kier alpha value is -1.16. The fourth-order valence-corrected chi connectivity index (χ4v) is 2.89. The van der Waals surface area contributed by atoms with Crippen LogP contribution in [0.3, 0.4) is 0 Å². The molecule has 2 heterocycles. The van der Waals surface area contributed by atoms with Crippen molar-refractivity contribution in [3.05, 3.63) is 18.1 Å². The van der Waals surface area contributed by atoms with Gasteiger partial charge < -0.3 is 5.32 Å². The van der Waals surface area contributed by atoms with Gasteiger partial charge in [-0.25, -0.2) is 9.97 Å². The maximum atomic E-state index is 4.66. The molecule has 0 aliphatic carbocycles. The first-order valence-electron chi connectivity index (χ1n) is 8.19. The highest BCUT2D eigenvalue weighted by Crippen LogP contribution is 2.20. The monoisotopic (exact) mass is 290 g/mol. The van der Waals surface area contributed by atoms with Gasteiger partial charge in [-0.1, -0.05) is 34.6 Å². The lowest BCUT2D eigenvalue weighted by Gasteiger charge is -2.31. The summed E-state index contributed by atoms with van der Waals surface area (Å²) in [5.41, 5.74) is -0.00983. The van der Waals surface area contributed by atoms with Crippen molar-refractivity contribution in [1.82, 2.24) is 14.9 Å². The first kappa shape index (κ1) is 16.2. The fraction of sp³-hybridized carbons (Fsp3) is 0.765. The lowest BCUT2D eigenvalue weighted by molar-refractivity contribution is 0.201. The summed E-state index contributed by atoms with van der Waals surface area (Å²) in [6.07, 6.45) is 4.53. The third-order valence-electron chi connectivity index (χ3n) is 4.20. The minimum Gasteiger partial charge on any atom is -0.368 e. The van der Waals surface area contributed by atoms with Crippen molar-refractivity contribution in [1.29, 1.82) is 0 Å². The number of hydrogen-bond donors (Lipinski definition) is 1. The minimum absolute atomic E-state index is 0.00983. The zero-order valence-electron chi connectivity index (χ0n) is 14.2. The Morgan fingerprint density at radius 1 is 1.24 bits per heavy atom. The first-order chi connectivity index (χ1) is 9.88. The van der Waals surface area contributed by atoms with E-state index in [9.17, 15) is 0 Å². The second-order valence-corrected chi connectivity index (χ2v) is 7.45. The highest BCUT2D eigenvalue weighted by atomic mass is 15.2. The van der Waals surface area contributed by atoms with Crippen molar-refractivity contribution < 1.29 is 0 Å². The molecule has 1 aliphatic heterocycles. The Bertz CT molecular complexity index is 444. The number of anilines is 1. The van der Waals surface area contributed by atoms with Crippen molar-refractivity contribution in [3.8, 4) is 0 Å². The van der Waals surface area contributed by atoms with Gasteiger partial charge in [0, 0.05) is 24.2 Å². The molecule has 1 N–H and O–H groups in total. The largest absolute Gasteiger partial charge is 0.368 e. The summed E-state index contributed by atoms with van der Waals surface area (Å²) in [4.78, 5) is 11.7. The van der Waals surface area contributed by atoms with E-state index in [-0.39, 0.29) is 5.41 Å². The molecule has 1 saturated heterocycles. The Morgan fingerprint density at radius 2 is 1.90 bits per heavy atom. The van der Waals surface area contributed by atoms with E-state index in [1.807, 2.05) is 12.3 Å². The average molecular weight is 290 g/mol. The summed E-state index contributed by atoms with van der Waals surface area (Å²) in [5, 5.41) is 3.52. The van der Waals surface area contributed by atoms with E-state index in [0.717, 1.165) is 18.2 Å². The molecule has 0 amide bonds. The summed E-state index contributed by atoms with van der Waals surface area (Å²) in [6.45, 7) is 14.5. The topological polar surface area (TPSA) is 41.1 Å². The van der Waals surface area contributed by atoms with Gasteiger partial charge >= 0.3 is 0 Å². The third-order valence-corrected chi connectivity index (χ3v) is 4.20. The van der Waals surface area contributed by atoms with Gasteiger partial charge in [0.1, 0.15) is 11.6 Å². The zero-order valence-corrected chi connectivity index (χ0v) is 14.2. The molecule has 1 fully saturated rings. The number of rotatable bonds is 5. The Kier molecular flexibility index (Phi) is 5.20. The molecular formula is C17H30N4. The predicted molar refractivity (Wildman–Crippen MR) is 88.7 cm³/mol. The second-order valence-electron chi connectivity index (χ2n) is 7.45. The molecule has 1 unspecified atom stereocenters. The fourth-order valence-electron chi connectivity index (χ4n) is 2.89. The lowest BCUT2D eigenvalue weighted by atomic mass is 9.96. The van der Waals surface area contributed by atoms with Crippen LogP contribution in [0, 0.1) is 5.92 Å². The van der Waals surface area contributed by atoms with Crippen LogP contribution in [0.2, 0.25) is 0 Å². The van der Waals surface area contributed by atoms with E-state index in [1.54, 1.807) is 0 Å². The summed E-state index contributed by atoms with van der Waals surface area (Å²) in [5.74, 6) is 2.49. The van der Waals surface area contributed by atoms with E-state index in [4.69, 9.17) is 0 Å². The molecule has 1 aliphatic rings. The van der Waals surface area contributed by atoms with Crippen molar-refractivity contribution in [2.24, 2.45) is 5.92 Å². The molecule has 0 radical (unpaired) electrons. The van der Waals surface area contributed by atoms with Crippen molar-refractivity contribution in [2.75, 3.05) is 25.0 Å². The van der Waals surface area contributed by atoms with Crippen molar-refractivity contribution in [3.63, 3.8) is 0 Å². The van der Waals surface area contributed by atoms with Gasteiger partial charge in [-0.05, 0) is 37.9 Å². The molecule has 118 valence electrons. The predicted octanol–water partition coefficient (Wildman–Crippen LogP) is 3.31. The van der Waals surface area contributed by atoms with Crippen LogP contribution in [0.25, 0.3) is 0 Å². The highest BCUT2D eigenvalue weighted by Gasteiger charge is 2.24. The van der Waals surface area contributed by atoms with Crippen LogP contribution in [-0.2, 0) is 5.41 Å². The molecule has 4 heteroatoms. The summed E-state index contributed by atoms with van der Waals surface area (Å²) in [7, 11) is 0. The Labute approximate surface area is 129 Å². The number of nitrogens with zero attached hydrogens (tertiary/aromatic N) is 3. The number of aromatic nitrogens is 2. The molecule has 0 bridgehead atoms. The van der Waals surface area contributed by atoms with Gasteiger partial charge in [0.05, 0.1) is 0 Å². The third kappa shape index (κ3) is 4.40. The maximum Gasteiger partial charge on any atom is 0.135 e. The number of hydrogen-bond acceptors (Lipinski definition) is 4. The Balaban J connectivity index is 2.00. The van der Waals surface area contributed by atoms with Crippen LogP contribution >= 0.6 is 0 Å². The molecule has 21 heavy (non-hydrogen) atoms. The van der Waals surface area contributed by atoms with Gasteiger partial charge in [0.15, 0.2) is 0 Å². The lowest BCUT2D eigenvalue weighted by Crippen LogP contribution is -2.42. The molecular weight excluding hydrogens is 260 g/mol. The number of nitrogens with one attached hydrogen (secondary N) is 1. The van der Waals surface area contributed by atoms with Crippen molar-refractivity contribution >= 4 is 5.82 Å². The highest BCUT2D eigenvalue weighted by molar-refractivity contribution is 5.34. The molecule has 1 aromatic heterocycles. The maximum absolute atomic E-state index is 4.66. The van der Waals surface area contributed by atoms with Gasteiger partial charge in [-0.3, -0.25) is 4.90 Å².